The Hall–Kier alpha value is -3.50. The maximum atomic E-state index is 12.6. The molecule has 2 heterocycles. The first kappa shape index (κ1) is 16.9. The third kappa shape index (κ3) is 3.30. The van der Waals surface area contributed by atoms with Gasteiger partial charge in [-0.25, -0.2) is 4.98 Å². The number of rotatable bonds is 3. The highest BCUT2D eigenvalue weighted by Gasteiger charge is 2.17. The van der Waals surface area contributed by atoms with Crippen molar-refractivity contribution in [3.05, 3.63) is 82.5 Å². The lowest BCUT2D eigenvalue weighted by atomic mass is 10.2. The number of benzene rings is 2. The zero-order valence-electron chi connectivity index (χ0n) is 13.9. The monoisotopic (exact) mass is 417 g/mol. The van der Waals surface area contributed by atoms with Crippen LogP contribution in [0.3, 0.4) is 0 Å². The minimum absolute atomic E-state index is 0.258. The number of nitrogens with one attached hydrogen (secondary N) is 1. The van der Waals surface area contributed by atoms with Crippen molar-refractivity contribution in [2.45, 2.75) is 0 Å². The lowest BCUT2D eigenvalue weighted by Gasteiger charge is -2.10. The van der Waals surface area contributed by atoms with Gasteiger partial charge in [-0.05, 0) is 36.4 Å². The molecule has 27 heavy (non-hydrogen) atoms. The quantitative estimate of drug-likeness (QED) is 0.538. The first-order valence-electron chi connectivity index (χ1n) is 8.07. The summed E-state index contributed by atoms with van der Waals surface area (Å²) in [5.41, 5.74) is 1.52. The fraction of sp³-hybridized carbons (Fsp3) is 0. The van der Waals surface area contributed by atoms with E-state index in [1.54, 1.807) is 24.3 Å². The lowest BCUT2D eigenvalue weighted by molar-refractivity contribution is 0.102. The average Bonchev–Trinajstić information content (AvgIpc) is 3.10. The number of fused-ring (bicyclic) bond motifs is 1. The Morgan fingerprint density at radius 1 is 1.11 bits per heavy atom. The molecule has 2 aromatic carbocycles. The fourth-order valence-corrected chi connectivity index (χ4v) is 3.11. The first-order chi connectivity index (χ1) is 13.2. The van der Waals surface area contributed by atoms with Crippen LogP contribution < -0.4 is 5.32 Å². The van der Waals surface area contributed by atoms with E-state index in [9.17, 15) is 10.1 Å². The number of carbonyl (C=O) groups is 1. The molecule has 0 atom stereocenters. The Morgan fingerprint density at radius 2 is 1.96 bits per heavy atom. The average molecular weight is 418 g/mol. The Morgan fingerprint density at radius 3 is 2.78 bits per heavy atom. The Bertz CT molecular complexity index is 1210. The zero-order valence-corrected chi connectivity index (χ0v) is 15.5. The highest BCUT2D eigenvalue weighted by Crippen LogP contribution is 2.22. The molecule has 1 N–H and O–H groups in total. The summed E-state index contributed by atoms with van der Waals surface area (Å²) in [5.74, 6) is 0.459. The minimum atomic E-state index is -0.338. The molecule has 4 aromatic rings. The number of carbonyl (C=O) groups excluding carboxylic acids is 1. The molecule has 4 rings (SSSR count). The van der Waals surface area contributed by atoms with Crippen molar-refractivity contribution in [2.75, 3.05) is 5.32 Å². The molecule has 6 nitrogen and oxygen atoms in total. The molecule has 0 aliphatic rings. The van der Waals surface area contributed by atoms with E-state index in [0.29, 0.717) is 11.4 Å². The number of amides is 1. The van der Waals surface area contributed by atoms with E-state index in [-0.39, 0.29) is 17.3 Å². The van der Waals surface area contributed by atoms with E-state index in [4.69, 9.17) is 0 Å². The molecule has 0 radical (unpaired) electrons. The maximum Gasteiger partial charge on any atom is 0.256 e. The predicted molar refractivity (Wildman–Crippen MR) is 106 cm³/mol. The van der Waals surface area contributed by atoms with Crippen LogP contribution in [0.2, 0.25) is 0 Å². The van der Waals surface area contributed by atoms with Gasteiger partial charge in [-0.1, -0.05) is 40.2 Å². The van der Waals surface area contributed by atoms with Gasteiger partial charge in [-0.2, -0.15) is 15.0 Å². The number of nitrogens with zero attached hydrogens (tertiary/aromatic N) is 4. The van der Waals surface area contributed by atoms with Gasteiger partial charge in [0.05, 0.1) is 11.7 Å². The van der Waals surface area contributed by atoms with Gasteiger partial charge in [0.1, 0.15) is 11.6 Å². The highest BCUT2D eigenvalue weighted by atomic mass is 79.9. The number of para-hydroxylation sites is 1. The number of anilines is 1. The molecule has 0 spiro atoms. The second-order valence-electron chi connectivity index (χ2n) is 5.76. The predicted octanol–water partition coefficient (Wildman–Crippen LogP) is 4.31. The van der Waals surface area contributed by atoms with Crippen LogP contribution >= 0.6 is 15.9 Å². The van der Waals surface area contributed by atoms with Crippen molar-refractivity contribution in [3.8, 4) is 11.9 Å². The number of hydrogen-bond acceptors (Lipinski definition) is 4. The molecule has 1 amide bonds. The molecule has 0 saturated heterocycles. The van der Waals surface area contributed by atoms with Gasteiger partial charge >= 0.3 is 0 Å². The smallest absolute Gasteiger partial charge is 0.256 e. The van der Waals surface area contributed by atoms with Crippen molar-refractivity contribution < 1.29 is 4.79 Å². The van der Waals surface area contributed by atoms with Crippen LogP contribution in [0.1, 0.15) is 15.9 Å². The Balaban J connectivity index is 1.75. The Kier molecular flexibility index (Phi) is 4.40. The van der Waals surface area contributed by atoms with Gasteiger partial charge in [-0.15, -0.1) is 0 Å². The molecule has 0 fully saturated rings. The molecule has 130 valence electrons. The van der Waals surface area contributed by atoms with Crippen LogP contribution in [0.25, 0.3) is 16.7 Å². The van der Waals surface area contributed by atoms with E-state index >= 15 is 0 Å². The lowest BCUT2D eigenvalue weighted by Crippen LogP contribution is -2.16. The number of hydrogen-bond donors (Lipinski definition) is 1. The van der Waals surface area contributed by atoms with Crippen LogP contribution in [-0.2, 0) is 0 Å². The van der Waals surface area contributed by atoms with Gasteiger partial charge in [0.15, 0.2) is 11.6 Å². The molecule has 7 heteroatoms. The fourth-order valence-electron chi connectivity index (χ4n) is 2.71. The number of halogens is 1. The van der Waals surface area contributed by atoms with Crippen LogP contribution in [0.15, 0.2) is 71.3 Å². The first-order valence-corrected chi connectivity index (χ1v) is 8.86. The zero-order chi connectivity index (χ0) is 18.8. The summed E-state index contributed by atoms with van der Waals surface area (Å²) in [6, 6.07) is 20.5. The third-order valence-corrected chi connectivity index (χ3v) is 4.50. The third-order valence-electron chi connectivity index (χ3n) is 4.01. The van der Waals surface area contributed by atoms with Crippen LogP contribution in [-0.4, -0.2) is 20.7 Å². The molecule has 0 aliphatic heterocycles. The highest BCUT2D eigenvalue weighted by molar-refractivity contribution is 9.10. The minimum Gasteiger partial charge on any atom is -0.305 e. The second kappa shape index (κ2) is 7.02. The topological polar surface area (TPSA) is 83.6 Å². The largest absolute Gasteiger partial charge is 0.305 e. The van der Waals surface area contributed by atoms with Gasteiger partial charge in [-0.3, -0.25) is 4.79 Å². The molecular weight excluding hydrogens is 406 g/mol. The van der Waals surface area contributed by atoms with Crippen LogP contribution in [0.4, 0.5) is 5.82 Å². The van der Waals surface area contributed by atoms with Crippen LogP contribution in [0.5, 0.6) is 0 Å². The van der Waals surface area contributed by atoms with Gasteiger partial charge in [0, 0.05) is 15.4 Å². The van der Waals surface area contributed by atoms with Crippen molar-refractivity contribution in [2.24, 2.45) is 0 Å². The summed E-state index contributed by atoms with van der Waals surface area (Å²) in [6.45, 7) is 0. The van der Waals surface area contributed by atoms with E-state index in [0.717, 1.165) is 15.4 Å². The molecule has 0 aliphatic carbocycles. The van der Waals surface area contributed by atoms with E-state index < -0.39 is 0 Å². The Labute approximate surface area is 163 Å². The van der Waals surface area contributed by atoms with Gasteiger partial charge in [0.2, 0.25) is 0 Å². The molecule has 0 unspecified atom stereocenters. The summed E-state index contributed by atoms with van der Waals surface area (Å²) in [5, 5.41) is 17.4. The van der Waals surface area contributed by atoms with E-state index in [1.165, 1.54) is 10.9 Å². The molecule has 0 saturated carbocycles. The van der Waals surface area contributed by atoms with Crippen molar-refractivity contribution >= 4 is 38.6 Å². The molecular formula is C20H12BrN5O. The summed E-state index contributed by atoms with van der Waals surface area (Å²) in [4.78, 5) is 17.2. The molecule has 2 aromatic heterocycles. The van der Waals surface area contributed by atoms with Crippen molar-refractivity contribution in [1.82, 2.24) is 14.8 Å². The number of aromatic nitrogens is 3. The van der Waals surface area contributed by atoms with Gasteiger partial charge in [0.25, 0.3) is 5.91 Å². The summed E-state index contributed by atoms with van der Waals surface area (Å²) >= 11 is 3.35. The number of pyridine rings is 1. The summed E-state index contributed by atoms with van der Waals surface area (Å²) in [6.07, 6.45) is 1.41. The summed E-state index contributed by atoms with van der Waals surface area (Å²) < 4.78 is 2.25. The SMILES string of the molecule is N#Cc1cnn(-c2ccc3ccccc3n2)c1NC(=O)c1cccc(Br)c1. The molecule has 0 bridgehead atoms. The second-order valence-corrected chi connectivity index (χ2v) is 6.67. The summed E-state index contributed by atoms with van der Waals surface area (Å²) in [7, 11) is 0. The maximum absolute atomic E-state index is 12.6. The standard InChI is InChI=1S/C20H12BrN5O/c21-16-6-3-5-14(10-16)20(27)25-19-15(11-22)12-23-26(19)18-9-8-13-4-1-2-7-17(13)24-18/h1-10,12H,(H,25,27). The van der Waals surface area contributed by atoms with E-state index in [2.05, 4.69) is 37.4 Å². The van der Waals surface area contributed by atoms with E-state index in [1.807, 2.05) is 36.4 Å². The van der Waals surface area contributed by atoms with Crippen LogP contribution in [0, 0.1) is 11.3 Å². The van der Waals surface area contributed by atoms with Crippen molar-refractivity contribution in [3.63, 3.8) is 0 Å². The number of nitriles is 1. The van der Waals surface area contributed by atoms with Gasteiger partial charge < -0.3 is 5.32 Å². The normalized spacial score (nSPS) is 10.5. The van der Waals surface area contributed by atoms with Crippen molar-refractivity contribution in [1.29, 1.82) is 5.26 Å².